The van der Waals surface area contributed by atoms with Crippen molar-refractivity contribution in [3.05, 3.63) is 29.3 Å². The number of rotatable bonds is 1. The van der Waals surface area contributed by atoms with E-state index in [0.717, 1.165) is 24.1 Å². The number of piperidine rings is 1. The molecule has 0 bridgehead atoms. The highest BCUT2D eigenvalue weighted by atomic mass is 16.2. The summed E-state index contributed by atoms with van der Waals surface area (Å²) in [5.74, 6) is 0.0814. The molecule has 0 aliphatic carbocycles. The van der Waals surface area contributed by atoms with Crippen LogP contribution in [0.2, 0.25) is 0 Å². The van der Waals surface area contributed by atoms with Gasteiger partial charge in [0.15, 0.2) is 0 Å². The van der Waals surface area contributed by atoms with Crippen LogP contribution in [0.4, 0.5) is 5.69 Å². The van der Waals surface area contributed by atoms with Crippen LogP contribution in [0.3, 0.4) is 0 Å². The molecule has 2 heterocycles. The van der Waals surface area contributed by atoms with Crippen LogP contribution in [0, 0.1) is 0 Å². The van der Waals surface area contributed by atoms with Gasteiger partial charge in [-0.05, 0) is 50.8 Å². The first kappa shape index (κ1) is 13.2. The van der Waals surface area contributed by atoms with Crippen molar-refractivity contribution in [3.8, 4) is 0 Å². The van der Waals surface area contributed by atoms with Crippen LogP contribution in [0.5, 0.6) is 0 Å². The molecule has 2 atom stereocenters. The lowest BCUT2D eigenvalue weighted by atomic mass is 9.96. The van der Waals surface area contributed by atoms with Gasteiger partial charge >= 0.3 is 0 Å². The second-order valence-electron chi connectivity index (χ2n) is 5.94. The molecule has 1 saturated heterocycles. The molecule has 2 unspecified atom stereocenters. The molecule has 4 nitrogen and oxygen atoms in total. The number of nitrogens with one attached hydrogen (secondary N) is 1. The van der Waals surface area contributed by atoms with Crippen molar-refractivity contribution in [2.24, 2.45) is 0 Å². The predicted octanol–water partition coefficient (Wildman–Crippen LogP) is 2.58. The van der Waals surface area contributed by atoms with Gasteiger partial charge < -0.3 is 10.2 Å². The molecule has 20 heavy (non-hydrogen) atoms. The van der Waals surface area contributed by atoms with Crippen molar-refractivity contribution in [3.63, 3.8) is 0 Å². The summed E-state index contributed by atoms with van der Waals surface area (Å²) in [6.45, 7) is 4.23. The van der Waals surface area contributed by atoms with Crippen molar-refractivity contribution in [2.75, 3.05) is 5.32 Å². The monoisotopic (exact) mass is 272 g/mol. The molecule has 1 N–H and O–H groups in total. The van der Waals surface area contributed by atoms with E-state index >= 15 is 0 Å². The van der Waals surface area contributed by atoms with Gasteiger partial charge in [0, 0.05) is 23.3 Å². The molecule has 1 fully saturated rings. The smallest absolute Gasteiger partial charge is 0.254 e. The molecule has 3 rings (SSSR count). The lowest BCUT2D eigenvalue weighted by Gasteiger charge is -2.39. The molecule has 106 valence electrons. The lowest BCUT2D eigenvalue weighted by molar-refractivity contribution is -0.115. The first-order chi connectivity index (χ1) is 9.56. The van der Waals surface area contributed by atoms with Crippen LogP contribution in [-0.2, 0) is 11.2 Å². The Labute approximate surface area is 119 Å². The molecular weight excluding hydrogens is 252 g/mol. The number of fused-ring (bicyclic) bond motifs is 1. The fourth-order valence-corrected chi connectivity index (χ4v) is 3.32. The maximum absolute atomic E-state index is 12.7. The Balaban J connectivity index is 1.87. The van der Waals surface area contributed by atoms with Crippen molar-refractivity contribution in [1.29, 1.82) is 0 Å². The van der Waals surface area contributed by atoms with Gasteiger partial charge in [0.1, 0.15) is 0 Å². The second-order valence-corrected chi connectivity index (χ2v) is 5.94. The first-order valence-electron chi connectivity index (χ1n) is 7.31. The Bertz CT molecular complexity index is 558. The van der Waals surface area contributed by atoms with E-state index in [9.17, 15) is 9.59 Å². The number of likely N-dealkylation sites (tertiary alicyclic amines) is 1. The largest absolute Gasteiger partial charge is 0.333 e. The molecule has 1 aromatic rings. The molecule has 4 heteroatoms. The number of carbonyl (C=O) groups is 2. The fraction of sp³-hybridized carbons (Fsp3) is 0.500. The van der Waals surface area contributed by atoms with E-state index in [4.69, 9.17) is 0 Å². The van der Waals surface area contributed by atoms with E-state index < -0.39 is 0 Å². The molecule has 0 radical (unpaired) electrons. The Morgan fingerprint density at radius 2 is 1.95 bits per heavy atom. The average Bonchev–Trinajstić information content (AvgIpc) is 2.77. The zero-order valence-corrected chi connectivity index (χ0v) is 12.0. The summed E-state index contributed by atoms with van der Waals surface area (Å²) in [5, 5.41) is 2.81. The summed E-state index contributed by atoms with van der Waals surface area (Å²) in [4.78, 5) is 26.1. The number of benzene rings is 1. The molecule has 1 aromatic carbocycles. The van der Waals surface area contributed by atoms with Crippen LogP contribution in [0.25, 0.3) is 0 Å². The van der Waals surface area contributed by atoms with Crippen LogP contribution in [0.1, 0.15) is 49.0 Å². The Morgan fingerprint density at radius 1 is 1.25 bits per heavy atom. The van der Waals surface area contributed by atoms with E-state index in [-0.39, 0.29) is 23.9 Å². The fourth-order valence-electron chi connectivity index (χ4n) is 3.32. The van der Waals surface area contributed by atoms with Crippen LogP contribution >= 0.6 is 0 Å². The maximum Gasteiger partial charge on any atom is 0.254 e. The van der Waals surface area contributed by atoms with Crippen LogP contribution < -0.4 is 5.32 Å². The average molecular weight is 272 g/mol. The normalized spacial score (nSPS) is 25.3. The number of hydrogen-bond acceptors (Lipinski definition) is 2. The van der Waals surface area contributed by atoms with Gasteiger partial charge in [-0.3, -0.25) is 9.59 Å². The van der Waals surface area contributed by atoms with Crippen molar-refractivity contribution in [1.82, 2.24) is 4.90 Å². The minimum absolute atomic E-state index is 0.00399. The zero-order valence-electron chi connectivity index (χ0n) is 12.0. The Hall–Kier alpha value is -1.84. The third-order valence-electron chi connectivity index (χ3n) is 4.41. The Morgan fingerprint density at radius 3 is 2.65 bits per heavy atom. The summed E-state index contributed by atoms with van der Waals surface area (Å²) < 4.78 is 0. The number of hydrogen-bond donors (Lipinski definition) is 1. The van der Waals surface area contributed by atoms with Gasteiger partial charge in [0.2, 0.25) is 5.91 Å². The highest BCUT2D eigenvalue weighted by Gasteiger charge is 2.30. The van der Waals surface area contributed by atoms with Crippen LogP contribution in [-0.4, -0.2) is 28.8 Å². The number of amides is 2. The topological polar surface area (TPSA) is 49.4 Å². The van der Waals surface area contributed by atoms with E-state index in [1.54, 1.807) is 0 Å². The van der Waals surface area contributed by atoms with E-state index in [2.05, 4.69) is 19.2 Å². The SMILES string of the molecule is CC1CCCC(C)N1C(=O)c1ccc2c(c1)NC(=O)C2. The first-order valence-corrected chi connectivity index (χ1v) is 7.31. The molecule has 0 spiro atoms. The molecule has 0 saturated carbocycles. The van der Waals surface area contributed by atoms with E-state index in [1.165, 1.54) is 6.42 Å². The number of nitrogens with zero attached hydrogens (tertiary/aromatic N) is 1. The maximum atomic E-state index is 12.7. The summed E-state index contributed by atoms with van der Waals surface area (Å²) in [5.41, 5.74) is 2.44. The van der Waals surface area contributed by atoms with Crippen molar-refractivity contribution in [2.45, 2.75) is 51.6 Å². The molecule has 2 aliphatic rings. The van der Waals surface area contributed by atoms with Crippen LogP contribution in [0.15, 0.2) is 18.2 Å². The summed E-state index contributed by atoms with van der Waals surface area (Å²) in [6, 6.07) is 6.12. The minimum Gasteiger partial charge on any atom is -0.333 e. The van der Waals surface area contributed by atoms with Gasteiger partial charge in [-0.1, -0.05) is 6.07 Å². The van der Waals surface area contributed by atoms with Gasteiger partial charge in [0.25, 0.3) is 5.91 Å². The van der Waals surface area contributed by atoms with E-state index in [1.807, 2.05) is 23.1 Å². The van der Waals surface area contributed by atoms with E-state index in [0.29, 0.717) is 12.0 Å². The van der Waals surface area contributed by atoms with Gasteiger partial charge in [-0.2, -0.15) is 0 Å². The number of anilines is 1. The second kappa shape index (κ2) is 4.93. The third-order valence-corrected chi connectivity index (χ3v) is 4.41. The number of carbonyl (C=O) groups excluding carboxylic acids is 2. The molecule has 2 amide bonds. The minimum atomic E-state index is 0.00399. The zero-order chi connectivity index (χ0) is 14.3. The van der Waals surface area contributed by atoms with Crippen molar-refractivity contribution >= 4 is 17.5 Å². The van der Waals surface area contributed by atoms with Crippen molar-refractivity contribution < 1.29 is 9.59 Å². The molecular formula is C16H20N2O2. The highest BCUT2D eigenvalue weighted by Crippen LogP contribution is 2.28. The summed E-state index contributed by atoms with van der Waals surface area (Å²) in [7, 11) is 0. The molecule has 0 aromatic heterocycles. The lowest BCUT2D eigenvalue weighted by Crippen LogP contribution is -2.47. The third kappa shape index (κ3) is 2.19. The van der Waals surface area contributed by atoms with Gasteiger partial charge in [-0.25, -0.2) is 0 Å². The van der Waals surface area contributed by atoms with Gasteiger partial charge in [-0.15, -0.1) is 0 Å². The van der Waals surface area contributed by atoms with Gasteiger partial charge in [0.05, 0.1) is 6.42 Å². The standard InChI is InChI=1S/C16H20N2O2/c1-10-4-3-5-11(2)18(10)16(20)13-7-6-12-9-15(19)17-14(12)8-13/h6-8,10-11H,3-5,9H2,1-2H3,(H,17,19). The molecule has 2 aliphatic heterocycles. The summed E-state index contributed by atoms with van der Waals surface area (Å²) >= 11 is 0. The summed E-state index contributed by atoms with van der Waals surface area (Å²) in [6.07, 6.45) is 3.74. The Kier molecular flexibility index (Phi) is 3.24. The predicted molar refractivity (Wildman–Crippen MR) is 77.7 cm³/mol. The quantitative estimate of drug-likeness (QED) is 0.854. The highest BCUT2D eigenvalue weighted by molar-refractivity contribution is 6.02.